The van der Waals surface area contributed by atoms with Crippen LogP contribution in [-0.2, 0) is 16.6 Å². The SMILES string of the molecule is CC(C1CC1)N1Cc2cc(Br)cc(S(=O)(=O)NCC3(CO)CC3)c2C1=O. The predicted molar refractivity (Wildman–Crippen MR) is 100 cm³/mol. The molecule has 0 saturated heterocycles. The Kier molecular flexibility index (Phi) is 4.45. The van der Waals surface area contributed by atoms with E-state index in [1.165, 1.54) is 6.07 Å². The van der Waals surface area contributed by atoms with Crippen LogP contribution >= 0.6 is 15.9 Å². The summed E-state index contributed by atoms with van der Waals surface area (Å²) in [6, 6.07) is 3.46. The number of carbonyl (C=O) groups excluding carboxylic acids is 1. The second kappa shape index (κ2) is 6.29. The number of amides is 1. The van der Waals surface area contributed by atoms with Gasteiger partial charge in [0.15, 0.2) is 0 Å². The fourth-order valence-electron chi connectivity index (χ4n) is 3.67. The highest BCUT2D eigenvalue weighted by molar-refractivity contribution is 9.10. The first-order valence-corrected chi connectivity index (χ1v) is 11.3. The van der Waals surface area contributed by atoms with Crippen LogP contribution < -0.4 is 4.72 Å². The number of hydrogen-bond acceptors (Lipinski definition) is 4. The molecule has 0 radical (unpaired) electrons. The van der Waals surface area contributed by atoms with Crippen molar-refractivity contribution in [2.45, 2.75) is 50.1 Å². The molecule has 4 rings (SSSR count). The van der Waals surface area contributed by atoms with E-state index < -0.39 is 10.0 Å². The van der Waals surface area contributed by atoms with E-state index in [1.54, 1.807) is 4.90 Å². The smallest absolute Gasteiger partial charge is 0.256 e. The van der Waals surface area contributed by atoms with Crippen LogP contribution in [0, 0.1) is 11.3 Å². The Morgan fingerprint density at radius 1 is 1.38 bits per heavy atom. The van der Waals surface area contributed by atoms with E-state index in [4.69, 9.17) is 0 Å². The van der Waals surface area contributed by atoms with Crippen molar-refractivity contribution in [2.75, 3.05) is 13.2 Å². The van der Waals surface area contributed by atoms with E-state index in [2.05, 4.69) is 20.7 Å². The summed E-state index contributed by atoms with van der Waals surface area (Å²) in [7, 11) is -3.84. The lowest BCUT2D eigenvalue weighted by atomic mass is 10.1. The second-order valence-electron chi connectivity index (χ2n) is 7.93. The Bertz CT molecular complexity index is 862. The summed E-state index contributed by atoms with van der Waals surface area (Å²) in [5.74, 6) is 0.324. The molecule has 2 aliphatic carbocycles. The third kappa shape index (κ3) is 3.21. The van der Waals surface area contributed by atoms with E-state index in [1.807, 2.05) is 13.0 Å². The van der Waals surface area contributed by atoms with Gasteiger partial charge in [-0.15, -0.1) is 0 Å². The van der Waals surface area contributed by atoms with Gasteiger partial charge < -0.3 is 10.0 Å². The summed E-state index contributed by atoms with van der Waals surface area (Å²) < 4.78 is 29.1. The zero-order valence-electron chi connectivity index (χ0n) is 14.7. The fourth-order valence-corrected chi connectivity index (χ4v) is 5.75. The Morgan fingerprint density at radius 2 is 2.08 bits per heavy atom. The Hall–Kier alpha value is -0.960. The Labute approximate surface area is 162 Å². The molecular weight excluding hydrogens is 420 g/mol. The molecule has 1 amide bonds. The van der Waals surface area contributed by atoms with Gasteiger partial charge in [0.25, 0.3) is 5.91 Å². The Balaban J connectivity index is 1.65. The summed E-state index contributed by atoms with van der Waals surface area (Å²) in [5, 5.41) is 9.42. The first-order valence-electron chi connectivity index (χ1n) is 9.00. The van der Waals surface area contributed by atoms with Crippen LogP contribution in [0.1, 0.15) is 48.5 Å². The number of fused-ring (bicyclic) bond motifs is 1. The second-order valence-corrected chi connectivity index (χ2v) is 10.6. The zero-order valence-corrected chi connectivity index (χ0v) is 17.1. The molecule has 2 saturated carbocycles. The highest BCUT2D eigenvalue weighted by Gasteiger charge is 2.44. The molecule has 3 aliphatic rings. The molecule has 1 aromatic rings. The normalized spacial score (nSPS) is 22.4. The van der Waals surface area contributed by atoms with E-state index in [0.717, 1.165) is 31.2 Å². The number of sulfonamides is 1. The average Bonchev–Trinajstić information content (AvgIpc) is 3.51. The van der Waals surface area contributed by atoms with Gasteiger partial charge in [-0.25, -0.2) is 13.1 Å². The maximum Gasteiger partial charge on any atom is 0.256 e. The van der Waals surface area contributed by atoms with Crippen LogP contribution in [0.3, 0.4) is 0 Å². The van der Waals surface area contributed by atoms with Crippen LogP contribution in [0.25, 0.3) is 0 Å². The van der Waals surface area contributed by atoms with Gasteiger partial charge in [-0.2, -0.15) is 0 Å². The number of rotatable bonds is 7. The number of halogens is 1. The van der Waals surface area contributed by atoms with Crippen molar-refractivity contribution >= 4 is 31.9 Å². The molecule has 1 aromatic carbocycles. The minimum atomic E-state index is -3.84. The van der Waals surface area contributed by atoms with Crippen molar-refractivity contribution < 1.29 is 18.3 Å². The van der Waals surface area contributed by atoms with E-state index >= 15 is 0 Å². The van der Waals surface area contributed by atoms with Gasteiger partial charge in [-0.3, -0.25) is 4.79 Å². The van der Waals surface area contributed by atoms with Gasteiger partial charge in [0.1, 0.15) is 0 Å². The van der Waals surface area contributed by atoms with E-state index in [-0.39, 0.29) is 35.4 Å². The number of nitrogens with one attached hydrogen (secondary N) is 1. The molecule has 6 nitrogen and oxygen atoms in total. The molecule has 0 spiro atoms. The summed E-state index contributed by atoms with van der Waals surface area (Å²) in [6.45, 7) is 2.66. The lowest BCUT2D eigenvalue weighted by Crippen LogP contribution is -2.36. The summed E-state index contributed by atoms with van der Waals surface area (Å²) in [4.78, 5) is 14.8. The Morgan fingerprint density at radius 3 is 2.65 bits per heavy atom. The molecule has 1 unspecified atom stereocenters. The first kappa shape index (κ1) is 18.4. The summed E-state index contributed by atoms with van der Waals surface area (Å²) in [5.41, 5.74) is 0.710. The first-order chi connectivity index (χ1) is 12.3. The highest BCUT2D eigenvalue weighted by atomic mass is 79.9. The van der Waals surface area contributed by atoms with Crippen LogP contribution in [0.4, 0.5) is 0 Å². The van der Waals surface area contributed by atoms with Gasteiger partial charge >= 0.3 is 0 Å². The van der Waals surface area contributed by atoms with Gasteiger partial charge in [0.2, 0.25) is 10.0 Å². The molecule has 2 N–H and O–H groups in total. The third-order valence-electron chi connectivity index (χ3n) is 5.98. The molecule has 2 fully saturated rings. The van der Waals surface area contributed by atoms with Gasteiger partial charge in [0.05, 0.1) is 10.5 Å². The predicted octanol–water partition coefficient (Wildman–Crippen LogP) is 2.25. The quantitative estimate of drug-likeness (QED) is 0.677. The monoisotopic (exact) mass is 442 g/mol. The molecule has 142 valence electrons. The fraction of sp³-hybridized carbons (Fsp3) is 0.611. The highest BCUT2D eigenvalue weighted by Crippen LogP contribution is 2.45. The zero-order chi connectivity index (χ0) is 18.7. The molecule has 1 aliphatic heterocycles. The van der Waals surface area contributed by atoms with Crippen molar-refractivity contribution in [3.8, 4) is 0 Å². The van der Waals surface area contributed by atoms with Crippen LogP contribution in [-0.4, -0.2) is 43.5 Å². The molecule has 0 aromatic heterocycles. The maximum absolute atomic E-state index is 13.0. The molecule has 1 heterocycles. The van der Waals surface area contributed by atoms with Crippen LogP contribution in [0.15, 0.2) is 21.5 Å². The van der Waals surface area contributed by atoms with Gasteiger partial charge in [-0.05, 0) is 56.2 Å². The lowest BCUT2D eigenvalue weighted by Gasteiger charge is -2.24. The number of benzene rings is 1. The van der Waals surface area contributed by atoms with E-state index in [0.29, 0.717) is 22.5 Å². The number of hydrogen-bond donors (Lipinski definition) is 2. The number of aliphatic hydroxyl groups excluding tert-OH is 1. The van der Waals surface area contributed by atoms with Crippen molar-refractivity contribution in [3.05, 3.63) is 27.7 Å². The number of carbonyl (C=O) groups is 1. The minimum Gasteiger partial charge on any atom is -0.396 e. The molecular formula is C18H23BrN2O4S. The average molecular weight is 443 g/mol. The third-order valence-corrected chi connectivity index (χ3v) is 7.86. The molecule has 1 atom stereocenters. The topological polar surface area (TPSA) is 86.7 Å². The van der Waals surface area contributed by atoms with Crippen molar-refractivity contribution in [1.29, 1.82) is 0 Å². The minimum absolute atomic E-state index is 0.0300. The van der Waals surface area contributed by atoms with E-state index in [9.17, 15) is 18.3 Å². The molecule has 8 heteroatoms. The van der Waals surface area contributed by atoms with Gasteiger partial charge in [-0.1, -0.05) is 15.9 Å². The molecule has 0 bridgehead atoms. The molecule has 26 heavy (non-hydrogen) atoms. The summed E-state index contributed by atoms with van der Waals surface area (Å²) >= 11 is 3.38. The maximum atomic E-state index is 13.0. The van der Waals surface area contributed by atoms with Crippen LogP contribution in [0.2, 0.25) is 0 Å². The van der Waals surface area contributed by atoms with Gasteiger partial charge in [0, 0.05) is 35.6 Å². The van der Waals surface area contributed by atoms with Crippen LogP contribution in [0.5, 0.6) is 0 Å². The van der Waals surface area contributed by atoms with Crippen molar-refractivity contribution in [1.82, 2.24) is 9.62 Å². The van der Waals surface area contributed by atoms with Crippen molar-refractivity contribution in [2.24, 2.45) is 11.3 Å². The largest absolute Gasteiger partial charge is 0.396 e. The standard InChI is InChI=1S/C18H23BrN2O4S/c1-11(12-2-3-12)21-8-13-6-14(19)7-15(16(13)17(21)23)26(24,25)20-9-18(10-22)4-5-18/h6-7,11-12,20,22H,2-5,8-10H2,1H3. The van der Waals surface area contributed by atoms with Crippen molar-refractivity contribution in [3.63, 3.8) is 0 Å². The number of aliphatic hydroxyl groups is 1. The summed E-state index contributed by atoms with van der Waals surface area (Å²) in [6.07, 6.45) is 3.88. The lowest BCUT2D eigenvalue weighted by molar-refractivity contribution is 0.0694. The number of nitrogens with zero attached hydrogens (tertiary/aromatic N) is 1.